The molecule has 0 aliphatic rings. The number of aryl methyl sites for hydroxylation is 1. The molecule has 2 rings (SSSR count). The van der Waals surface area contributed by atoms with E-state index in [1.54, 1.807) is 7.05 Å². The molecule has 0 bridgehead atoms. The summed E-state index contributed by atoms with van der Waals surface area (Å²) in [6.07, 6.45) is 0. The molecule has 0 aliphatic carbocycles. The number of halogens is 2. The number of carbonyl (C=O) groups excluding carboxylic acids is 1. The Kier molecular flexibility index (Phi) is 4.36. The van der Waals surface area contributed by atoms with Crippen LogP contribution in [0, 0.1) is 18.6 Å². The van der Waals surface area contributed by atoms with E-state index < -0.39 is 17.5 Å². The first kappa shape index (κ1) is 15.2. The van der Waals surface area contributed by atoms with Gasteiger partial charge < -0.3 is 4.90 Å². The lowest BCUT2D eigenvalue weighted by Crippen LogP contribution is -2.30. The molecule has 2 nitrogen and oxygen atoms in total. The number of hydrogen-bond acceptors (Lipinski definition) is 1. The summed E-state index contributed by atoms with van der Waals surface area (Å²) in [5.74, 6) is -1.89. The van der Waals surface area contributed by atoms with Crippen LogP contribution < -0.4 is 0 Å². The maximum Gasteiger partial charge on any atom is 0.257 e. The quantitative estimate of drug-likeness (QED) is 0.833. The van der Waals surface area contributed by atoms with Gasteiger partial charge in [-0.05, 0) is 37.6 Å². The smallest absolute Gasteiger partial charge is 0.257 e. The van der Waals surface area contributed by atoms with Gasteiger partial charge in [-0.3, -0.25) is 4.79 Å². The van der Waals surface area contributed by atoms with Gasteiger partial charge in [-0.25, -0.2) is 8.78 Å². The fourth-order valence-corrected chi connectivity index (χ4v) is 2.10. The van der Waals surface area contributed by atoms with Crippen LogP contribution in [-0.4, -0.2) is 17.9 Å². The van der Waals surface area contributed by atoms with Crippen molar-refractivity contribution >= 4 is 5.91 Å². The van der Waals surface area contributed by atoms with E-state index in [4.69, 9.17) is 0 Å². The van der Waals surface area contributed by atoms with Crippen LogP contribution in [0.4, 0.5) is 8.78 Å². The predicted molar refractivity (Wildman–Crippen MR) is 78.0 cm³/mol. The summed E-state index contributed by atoms with van der Waals surface area (Å²) in [7, 11) is 1.58. The van der Waals surface area contributed by atoms with Crippen LogP contribution in [0.2, 0.25) is 0 Å². The van der Waals surface area contributed by atoms with E-state index in [9.17, 15) is 13.6 Å². The van der Waals surface area contributed by atoms with Crippen LogP contribution in [0.3, 0.4) is 0 Å². The lowest BCUT2D eigenvalue weighted by Gasteiger charge is -2.25. The van der Waals surface area contributed by atoms with Gasteiger partial charge in [0.25, 0.3) is 5.91 Å². The lowest BCUT2D eigenvalue weighted by molar-refractivity contribution is 0.0737. The second kappa shape index (κ2) is 6.04. The van der Waals surface area contributed by atoms with Crippen LogP contribution in [0.25, 0.3) is 0 Å². The summed E-state index contributed by atoms with van der Waals surface area (Å²) in [6.45, 7) is 3.82. The molecule has 0 saturated heterocycles. The Morgan fingerprint density at radius 2 is 1.71 bits per heavy atom. The van der Waals surface area contributed by atoms with Gasteiger partial charge in [0.1, 0.15) is 11.6 Å². The molecule has 0 saturated carbocycles. The van der Waals surface area contributed by atoms with Gasteiger partial charge in [0.15, 0.2) is 0 Å². The van der Waals surface area contributed by atoms with E-state index in [-0.39, 0.29) is 11.6 Å². The van der Waals surface area contributed by atoms with E-state index in [2.05, 4.69) is 0 Å². The fraction of sp³-hybridized carbons (Fsp3) is 0.235. The van der Waals surface area contributed by atoms with Gasteiger partial charge in [0.05, 0.1) is 11.6 Å². The molecule has 4 heteroatoms. The minimum absolute atomic E-state index is 0.235. The Balaban J connectivity index is 2.26. The lowest BCUT2D eigenvalue weighted by atomic mass is 10.0. The summed E-state index contributed by atoms with van der Waals surface area (Å²) < 4.78 is 26.9. The van der Waals surface area contributed by atoms with Gasteiger partial charge in [0.2, 0.25) is 0 Å². The maximum atomic E-state index is 13.7. The molecule has 0 radical (unpaired) electrons. The third-order valence-corrected chi connectivity index (χ3v) is 3.62. The third-order valence-electron chi connectivity index (χ3n) is 3.62. The van der Waals surface area contributed by atoms with Gasteiger partial charge in [-0.2, -0.15) is 0 Å². The minimum Gasteiger partial charge on any atom is -0.335 e. The minimum atomic E-state index is -0.718. The average Bonchev–Trinajstić information content (AvgIpc) is 2.48. The topological polar surface area (TPSA) is 20.3 Å². The zero-order valence-corrected chi connectivity index (χ0v) is 12.2. The largest absolute Gasteiger partial charge is 0.335 e. The molecular formula is C17H17F2NO. The summed E-state index contributed by atoms with van der Waals surface area (Å²) in [5, 5.41) is 0. The molecule has 2 aromatic rings. The third kappa shape index (κ3) is 3.27. The molecule has 21 heavy (non-hydrogen) atoms. The van der Waals surface area contributed by atoms with E-state index >= 15 is 0 Å². The van der Waals surface area contributed by atoms with E-state index in [0.29, 0.717) is 0 Å². The summed E-state index contributed by atoms with van der Waals surface area (Å²) in [5.41, 5.74) is 1.81. The molecular weight excluding hydrogens is 272 g/mol. The van der Waals surface area contributed by atoms with Crippen molar-refractivity contribution in [1.29, 1.82) is 0 Å². The van der Waals surface area contributed by atoms with E-state index in [0.717, 1.165) is 29.3 Å². The number of hydrogen-bond donors (Lipinski definition) is 0. The van der Waals surface area contributed by atoms with E-state index in [1.165, 1.54) is 4.90 Å². The van der Waals surface area contributed by atoms with Crippen LogP contribution in [-0.2, 0) is 0 Å². The molecule has 0 heterocycles. The summed E-state index contributed by atoms with van der Waals surface area (Å²) in [6, 6.07) is 10.4. The van der Waals surface area contributed by atoms with Crippen molar-refractivity contribution in [3.8, 4) is 0 Å². The normalized spacial score (nSPS) is 12.0. The first-order valence-corrected chi connectivity index (χ1v) is 6.69. The van der Waals surface area contributed by atoms with Crippen molar-refractivity contribution in [3.05, 3.63) is 70.8 Å². The Morgan fingerprint density at radius 3 is 2.33 bits per heavy atom. The average molecular weight is 289 g/mol. The van der Waals surface area contributed by atoms with Crippen molar-refractivity contribution in [3.63, 3.8) is 0 Å². The van der Waals surface area contributed by atoms with E-state index in [1.807, 2.05) is 38.1 Å². The number of benzene rings is 2. The highest BCUT2D eigenvalue weighted by Gasteiger charge is 2.22. The first-order valence-electron chi connectivity index (χ1n) is 6.69. The zero-order chi connectivity index (χ0) is 15.6. The number of nitrogens with zero attached hydrogens (tertiary/aromatic N) is 1. The Hall–Kier alpha value is -2.23. The molecule has 0 N–H and O–H groups in total. The monoisotopic (exact) mass is 289 g/mol. The molecule has 1 unspecified atom stereocenters. The van der Waals surface area contributed by atoms with Crippen molar-refractivity contribution in [2.45, 2.75) is 19.9 Å². The molecule has 2 aromatic carbocycles. The van der Waals surface area contributed by atoms with Gasteiger partial charge in [-0.15, -0.1) is 0 Å². The van der Waals surface area contributed by atoms with Crippen molar-refractivity contribution in [1.82, 2.24) is 4.90 Å². The highest BCUT2D eigenvalue weighted by Crippen LogP contribution is 2.22. The number of amides is 1. The molecule has 0 aliphatic heterocycles. The molecule has 0 spiro atoms. The van der Waals surface area contributed by atoms with Crippen LogP contribution in [0.15, 0.2) is 42.5 Å². The summed E-state index contributed by atoms with van der Waals surface area (Å²) >= 11 is 0. The Bertz CT molecular complexity index is 652. The second-order valence-electron chi connectivity index (χ2n) is 5.13. The highest BCUT2D eigenvalue weighted by atomic mass is 19.1. The van der Waals surface area contributed by atoms with Gasteiger partial charge in [0, 0.05) is 7.05 Å². The maximum absolute atomic E-state index is 13.7. The van der Waals surface area contributed by atoms with Crippen molar-refractivity contribution in [2.24, 2.45) is 0 Å². The summed E-state index contributed by atoms with van der Waals surface area (Å²) in [4.78, 5) is 13.7. The predicted octanol–water partition coefficient (Wildman–Crippen LogP) is 4.11. The number of rotatable bonds is 3. The zero-order valence-electron chi connectivity index (χ0n) is 12.2. The van der Waals surface area contributed by atoms with Crippen LogP contribution >= 0.6 is 0 Å². The Morgan fingerprint density at radius 1 is 1.10 bits per heavy atom. The molecule has 1 amide bonds. The fourth-order valence-electron chi connectivity index (χ4n) is 2.10. The van der Waals surface area contributed by atoms with Crippen LogP contribution in [0.1, 0.15) is 34.5 Å². The van der Waals surface area contributed by atoms with Gasteiger partial charge in [-0.1, -0.05) is 29.8 Å². The Labute approximate surface area is 123 Å². The first-order chi connectivity index (χ1) is 9.90. The molecule has 1 atom stereocenters. The molecule has 0 fully saturated rings. The standard InChI is InChI=1S/C17H17F2NO/c1-11-4-6-13(7-5-11)12(2)20(3)17(21)15-10-14(18)8-9-16(15)19/h4-10,12H,1-3H3. The highest BCUT2D eigenvalue weighted by molar-refractivity contribution is 5.94. The van der Waals surface area contributed by atoms with Gasteiger partial charge >= 0.3 is 0 Å². The van der Waals surface area contributed by atoms with Crippen LogP contribution in [0.5, 0.6) is 0 Å². The second-order valence-corrected chi connectivity index (χ2v) is 5.13. The van der Waals surface area contributed by atoms with Crippen molar-refractivity contribution < 1.29 is 13.6 Å². The molecule has 0 aromatic heterocycles. The molecule has 110 valence electrons. The van der Waals surface area contributed by atoms with Crippen molar-refractivity contribution in [2.75, 3.05) is 7.05 Å². The SMILES string of the molecule is Cc1ccc(C(C)N(C)C(=O)c2cc(F)ccc2F)cc1. The number of carbonyl (C=O) groups is 1.